The second-order valence-corrected chi connectivity index (χ2v) is 9.93. The predicted octanol–water partition coefficient (Wildman–Crippen LogP) is 2.90. The van der Waals surface area contributed by atoms with Crippen LogP contribution in [-0.4, -0.2) is 73.9 Å². The molecular formula is C21H29N3O8S. The fraction of sp³-hybridized carbons (Fsp3) is 0.476. The Kier molecular flexibility index (Phi) is 8.72. The molecule has 1 amide bonds. The van der Waals surface area contributed by atoms with Crippen molar-refractivity contribution in [3.63, 3.8) is 0 Å². The summed E-state index contributed by atoms with van der Waals surface area (Å²) in [6, 6.07) is 3.96. The van der Waals surface area contributed by atoms with Gasteiger partial charge in [0.25, 0.3) is 15.7 Å². The van der Waals surface area contributed by atoms with E-state index in [1.54, 1.807) is 26.8 Å². The zero-order valence-corrected chi connectivity index (χ0v) is 19.9. The summed E-state index contributed by atoms with van der Waals surface area (Å²) in [5, 5.41) is 11.5. The molecule has 33 heavy (non-hydrogen) atoms. The Hall–Kier alpha value is -2.80. The van der Waals surface area contributed by atoms with E-state index in [4.69, 9.17) is 14.3 Å². The fourth-order valence-electron chi connectivity index (χ4n) is 3.14. The molecule has 0 aromatic heterocycles. The first-order valence-electron chi connectivity index (χ1n) is 10.1. The molecule has 1 aromatic carbocycles. The molecule has 0 N–H and O–H groups in total. The molecule has 0 radical (unpaired) electrons. The molecule has 0 aliphatic carbocycles. The zero-order chi connectivity index (χ0) is 24.8. The quantitative estimate of drug-likeness (QED) is 0.298. The van der Waals surface area contributed by atoms with Crippen LogP contribution in [0, 0.1) is 10.1 Å². The van der Waals surface area contributed by atoms with Crippen molar-refractivity contribution in [2.45, 2.75) is 37.3 Å². The van der Waals surface area contributed by atoms with Crippen molar-refractivity contribution < 1.29 is 32.4 Å². The molecular weight excluding hydrogens is 454 g/mol. The van der Waals surface area contributed by atoms with E-state index in [-0.39, 0.29) is 26.3 Å². The summed E-state index contributed by atoms with van der Waals surface area (Å²) in [5.74, 6) is 0. The van der Waals surface area contributed by atoms with Crippen LogP contribution >= 0.6 is 0 Å². The van der Waals surface area contributed by atoms with Gasteiger partial charge in [-0.3, -0.25) is 15.0 Å². The summed E-state index contributed by atoms with van der Waals surface area (Å²) >= 11 is 0. The first-order valence-corrected chi connectivity index (χ1v) is 11.5. The molecule has 0 bridgehead atoms. The van der Waals surface area contributed by atoms with E-state index in [1.807, 2.05) is 0 Å². The first kappa shape index (κ1) is 26.5. The van der Waals surface area contributed by atoms with Crippen molar-refractivity contribution >= 4 is 21.8 Å². The number of hydroxylamine groups is 1. The molecule has 1 unspecified atom stereocenters. The number of benzene rings is 1. The van der Waals surface area contributed by atoms with Gasteiger partial charge in [0.2, 0.25) is 0 Å². The summed E-state index contributed by atoms with van der Waals surface area (Å²) < 4.78 is 38.5. The number of para-hydroxylation sites is 1. The molecule has 0 fully saturated rings. The van der Waals surface area contributed by atoms with Crippen LogP contribution in [0.1, 0.15) is 20.8 Å². The lowest BCUT2D eigenvalue weighted by Crippen LogP contribution is -2.53. The Labute approximate surface area is 193 Å². The number of methoxy groups -OCH3 is 1. The third kappa shape index (κ3) is 6.60. The number of nitro benzene ring substituents is 1. The average molecular weight is 484 g/mol. The van der Waals surface area contributed by atoms with Crippen molar-refractivity contribution in [1.29, 1.82) is 0 Å². The molecule has 1 atom stereocenters. The molecule has 1 aliphatic rings. The van der Waals surface area contributed by atoms with Crippen molar-refractivity contribution in [2.24, 2.45) is 0 Å². The van der Waals surface area contributed by atoms with Crippen LogP contribution in [-0.2, 0) is 24.3 Å². The number of hydrogen-bond donors (Lipinski definition) is 0. The van der Waals surface area contributed by atoms with Crippen molar-refractivity contribution in [1.82, 2.24) is 9.37 Å². The van der Waals surface area contributed by atoms with Gasteiger partial charge in [-0.25, -0.2) is 13.2 Å². The van der Waals surface area contributed by atoms with E-state index in [2.05, 4.69) is 6.58 Å². The number of hydrogen-bond acceptors (Lipinski definition) is 8. The third-order valence-corrected chi connectivity index (χ3v) is 6.24. The van der Waals surface area contributed by atoms with Crippen LogP contribution in [0.25, 0.3) is 0 Å². The van der Waals surface area contributed by atoms with Gasteiger partial charge in [0, 0.05) is 26.3 Å². The largest absolute Gasteiger partial charge is 0.444 e. The Morgan fingerprint density at radius 2 is 2.03 bits per heavy atom. The standard InChI is InChI=1S/C21H29N3O8S/c1-6-13-31-24(33(28,29)19-10-8-7-9-17(19)23(26)27)18-14-22(12-11-16(18)15-30-5)20(25)32-21(2,3)4/h6-11,18H,1,12-15H2,2-5H3. The van der Waals surface area contributed by atoms with Crippen LogP contribution in [0.2, 0.25) is 0 Å². The van der Waals surface area contributed by atoms with Gasteiger partial charge in [0.1, 0.15) is 5.60 Å². The normalized spacial score (nSPS) is 16.9. The maximum atomic E-state index is 13.6. The van der Waals surface area contributed by atoms with Crippen molar-refractivity contribution in [2.75, 3.05) is 33.4 Å². The number of sulfonamides is 1. The van der Waals surface area contributed by atoms with Gasteiger partial charge >= 0.3 is 6.09 Å². The van der Waals surface area contributed by atoms with Crippen LogP contribution < -0.4 is 0 Å². The summed E-state index contributed by atoms with van der Waals surface area (Å²) in [6.45, 7) is 8.63. The Balaban J connectivity index is 2.54. The van der Waals surface area contributed by atoms with Gasteiger partial charge in [-0.15, -0.1) is 6.58 Å². The second-order valence-electron chi connectivity index (χ2n) is 8.18. The number of nitro groups is 1. The van der Waals surface area contributed by atoms with Crippen LogP contribution in [0.15, 0.2) is 53.5 Å². The Morgan fingerprint density at radius 3 is 2.61 bits per heavy atom. The third-order valence-electron chi connectivity index (χ3n) is 4.51. The summed E-state index contributed by atoms with van der Waals surface area (Å²) in [4.78, 5) is 29.7. The minimum absolute atomic E-state index is 0.0627. The number of ether oxygens (including phenoxy) is 2. The van der Waals surface area contributed by atoms with Crippen molar-refractivity contribution in [3.05, 3.63) is 58.7 Å². The van der Waals surface area contributed by atoms with E-state index >= 15 is 0 Å². The zero-order valence-electron chi connectivity index (χ0n) is 19.1. The number of amides is 1. The SMILES string of the molecule is C=CCON(C1CN(C(=O)OC(C)(C)C)CC=C1COC)S(=O)(=O)c1ccccc1[N+](=O)[O-]. The molecule has 12 heteroatoms. The van der Waals surface area contributed by atoms with Gasteiger partial charge in [-0.05, 0) is 32.4 Å². The van der Waals surface area contributed by atoms with Crippen LogP contribution in [0.3, 0.4) is 0 Å². The predicted molar refractivity (Wildman–Crippen MR) is 120 cm³/mol. The monoisotopic (exact) mass is 483 g/mol. The second kappa shape index (κ2) is 10.9. The van der Waals surface area contributed by atoms with Gasteiger partial charge in [-0.1, -0.05) is 28.8 Å². The van der Waals surface area contributed by atoms with E-state index in [1.165, 1.54) is 30.2 Å². The number of carbonyl (C=O) groups is 1. The first-order chi connectivity index (χ1) is 15.4. The number of carbonyl (C=O) groups excluding carboxylic acids is 1. The highest BCUT2D eigenvalue weighted by molar-refractivity contribution is 7.89. The topological polar surface area (TPSA) is 129 Å². The highest BCUT2D eigenvalue weighted by Gasteiger charge is 2.41. The van der Waals surface area contributed by atoms with E-state index < -0.39 is 43.3 Å². The van der Waals surface area contributed by atoms with Crippen LogP contribution in [0.4, 0.5) is 10.5 Å². The summed E-state index contributed by atoms with van der Waals surface area (Å²) in [6.07, 6.45) is 2.36. The van der Waals surface area contributed by atoms with Gasteiger partial charge < -0.3 is 14.4 Å². The maximum absolute atomic E-state index is 13.6. The molecule has 1 heterocycles. The van der Waals surface area contributed by atoms with E-state index in [9.17, 15) is 23.3 Å². The Bertz CT molecular complexity index is 1020. The molecule has 11 nitrogen and oxygen atoms in total. The van der Waals surface area contributed by atoms with E-state index in [0.29, 0.717) is 10.0 Å². The molecule has 2 rings (SSSR count). The fourth-order valence-corrected chi connectivity index (χ4v) is 4.73. The minimum Gasteiger partial charge on any atom is -0.444 e. The lowest BCUT2D eigenvalue weighted by Gasteiger charge is -2.38. The van der Waals surface area contributed by atoms with E-state index in [0.717, 1.165) is 12.1 Å². The lowest BCUT2D eigenvalue weighted by atomic mass is 10.0. The van der Waals surface area contributed by atoms with Gasteiger partial charge in [0.15, 0.2) is 4.90 Å². The maximum Gasteiger partial charge on any atom is 0.410 e. The van der Waals surface area contributed by atoms with Gasteiger partial charge in [0.05, 0.1) is 24.2 Å². The summed E-state index contributed by atoms with van der Waals surface area (Å²) in [5.41, 5.74) is -0.816. The smallest absolute Gasteiger partial charge is 0.410 e. The highest BCUT2D eigenvalue weighted by atomic mass is 32.2. The minimum atomic E-state index is -4.54. The molecule has 0 saturated carbocycles. The van der Waals surface area contributed by atoms with Crippen LogP contribution in [0.5, 0.6) is 0 Å². The number of nitrogens with zero attached hydrogens (tertiary/aromatic N) is 3. The molecule has 1 aromatic rings. The highest BCUT2D eigenvalue weighted by Crippen LogP contribution is 2.31. The Morgan fingerprint density at radius 1 is 1.36 bits per heavy atom. The molecule has 0 saturated heterocycles. The van der Waals surface area contributed by atoms with Crippen molar-refractivity contribution in [3.8, 4) is 0 Å². The number of rotatable bonds is 9. The van der Waals surface area contributed by atoms with Gasteiger partial charge in [-0.2, -0.15) is 0 Å². The summed E-state index contributed by atoms with van der Waals surface area (Å²) in [7, 11) is -3.09. The average Bonchev–Trinajstić information content (AvgIpc) is 2.73. The molecule has 1 aliphatic heterocycles. The lowest BCUT2D eigenvalue weighted by molar-refractivity contribution is -0.388. The molecule has 0 spiro atoms. The molecule has 182 valence electrons.